The first-order valence-corrected chi connectivity index (χ1v) is 9.55. The zero-order valence-corrected chi connectivity index (χ0v) is 15.7. The topological polar surface area (TPSA) is 69.7 Å². The van der Waals surface area contributed by atoms with Gasteiger partial charge in [0.2, 0.25) is 10.0 Å². The lowest BCUT2D eigenvalue weighted by Gasteiger charge is -2.33. The number of anilines is 1. The molecule has 25 heavy (non-hydrogen) atoms. The van der Waals surface area contributed by atoms with Gasteiger partial charge in [-0.1, -0.05) is 11.6 Å². The summed E-state index contributed by atoms with van der Waals surface area (Å²) in [6, 6.07) is 0.170. The van der Waals surface area contributed by atoms with E-state index in [-0.39, 0.29) is 17.1 Å². The van der Waals surface area contributed by atoms with Crippen molar-refractivity contribution >= 4 is 33.3 Å². The first-order chi connectivity index (χ1) is 11.6. The van der Waals surface area contributed by atoms with Gasteiger partial charge in [0.1, 0.15) is 5.69 Å². The number of carbonyl (C=O) groups is 1. The minimum absolute atomic E-state index is 0.0186. The van der Waals surface area contributed by atoms with E-state index in [0.29, 0.717) is 19.4 Å². The number of nitrogens with one attached hydrogen (secondary N) is 1. The number of nitrogens with zero attached hydrogens (tertiary/aromatic N) is 2. The van der Waals surface area contributed by atoms with Gasteiger partial charge in [-0.3, -0.25) is 0 Å². The van der Waals surface area contributed by atoms with Crippen LogP contribution in [0.3, 0.4) is 0 Å². The van der Waals surface area contributed by atoms with Gasteiger partial charge in [0.05, 0.1) is 5.25 Å². The molecule has 1 aliphatic rings. The van der Waals surface area contributed by atoms with E-state index in [0.717, 1.165) is 10.4 Å². The molecule has 1 unspecified atom stereocenters. The summed E-state index contributed by atoms with van der Waals surface area (Å²) in [5, 5.41) is 1.36. The number of amides is 2. The fourth-order valence-electron chi connectivity index (χ4n) is 2.65. The van der Waals surface area contributed by atoms with Crippen molar-refractivity contribution in [3.05, 3.63) is 28.3 Å². The molecule has 1 N–H and O–H groups in total. The lowest BCUT2D eigenvalue weighted by Crippen LogP contribution is -2.49. The molecule has 6 nitrogen and oxygen atoms in total. The molecule has 0 aliphatic carbocycles. The first-order valence-electron chi connectivity index (χ1n) is 7.67. The van der Waals surface area contributed by atoms with E-state index >= 15 is 0 Å². The van der Waals surface area contributed by atoms with Gasteiger partial charge in [-0.2, -0.15) is 0 Å². The van der Waals surface area contributed by atoms with Crippen molar-refractivity contribution in [3.8, 4) is 0 Å². The Labute approximate surface area is 150 Å². The summed E-state index contributed by atoms with van der Waals surface area (Å²) in [6.45, 7) is 1.64. The Morgan fingerprint density at radius 2 is 2.04 bits per heavy atom. The average Bonchev–Trinajstić information content (AvgIpc) is 2.56. The van der Waals surface area contributed by atoms with Gasteiger partial charge < -0.3 is 10.2 Å². The molecule has 0 aromatic heterocycles. The highest BCUT2D eigenvalue weighted by Crippen LogP contribution is 2.29. The SMILES string of the molecule is Cc1c(Cl)cc(F)c(NC(=O)N2CCCC(S(=O)(=O)N(C)C)C2)c1F. The van der Waals surface area contributed by atoms with Crippen LogP contribution in [-0.2, 0) is 10.0 Å². The van der Waals surface area contributed by atoms with Gasteiger partial charge >= 0.3 is 6.03 Å². The number of carbonyl (C=O) groups excluding carboxylic acids is 1. The molecule has 0 radical (unpaired) electrons. The van der Waals surface area contributed by atoms with Crippen LogP contribution >= 0.6 is 11.6 Å². The number of piperidine rings is 1. The summed E-state index contributed by atoms with van der Waals surface area (Å²) >= 11 is 5.70. The van der Waals surface area contributed by atoms with Crippen LogP contribution in [0.4, 0.5) is 19.3 Å². The van der Waals surface area contributed by atoms with E-state index < -0.39 is 38.6 Å². The highest BCUT2D eigenvalue weighted by Gasteiger charge is 2.34. The van der Waals surface area contributed by atoms with E-state index in [1.54, 1.807) is 0 Å². The molecule has 0 spiro atoms. The lowest BCUT2D eigenvalue weighted by molar-refractivity contribution is 0.200. The third-order valence-corrected chi connectivity index (χ3v) is 6.86. The van der Waals surface area contributed by atoms with Gasteiger partial charge in [0.25, 0.3) is 0 Å². The summed E-state index contributed by atoms with van der Waals surface area (Å²) in [5.41, 5.74) is -0.574. The second-order valence-electron chi connectivity index (χ2n) is 6.12. The van der Waals surface area contributed by atoms with E-state index in [9.17, 15) is 22.0 Å². The fraction of sp³-hybridized carbons (Fsp3) is 0.533. The Morgan fingerprint density at radius 3 is 2.64 bits per heavy atom. The van der Waals surface area contributed by atoms with E-state index in [4.69, 9.17) is 11.6 Å². The van der Waals surface area contributed by atoms with Crippen LogP contribution in [0.2, 0.25) is 5.02 Å². The van der Waals surface area contributed by atoms with Crippen molar-refractivity contribution in [2.45, 2.75) is 25.0 Å². The number of likely N-dealkylation sites (tertiary alicyclic amines) is 1. The van der Waals surface area contributed by atoms with Gasteiger partial charge in [0, 0.05) is 37.8 Å². The lowest BCUT2D eigenvalue weighted by atomic mass is 10.1. The number of hydrogen-bond acceptors (Lipinski definition) is 3. The Kier molecular flexibility index (Phi) is 5.90. The van der Waals surface area contributed by atoms with Gasteiger partial charge in [-0.15, -0.1) is 0 Å². The number of halogens is 3. The zero-order valence-electron chi connectivity index (χ0n) is 14.1. The minimum Gasteiger partial charge on any atom is -0.323 e. The second-order valence-corrected chi connectivity index (χ2v) is 8.96. The molecule has 1 aliphatic heterocycles. The molecular weight excluding hydrogens is 376 g/mol. The van der Waals surface area contributed by atoms with Crippen molar-refractivity contribution in [2.24, 2.45) is 0 Å². The third-order valence-electron chi connectivity index (χ3n) is 4.23. The zero-order chi connectivity index (χ0) is 18.9. The minimum atomic E-state index is -3.52. The summed E-state index contributed by atoms with van der Waals surface area (Å²) < 4.78 is 53.7. The van der Waals surface area contributed by atoms with Crippen LogP contribution in [-0.4, -0.2) is 56.1 Å². The second kappa shape index (κ2) is 7.43. The monoisotopic (exact) mass is 395 g/mol. The molecule has 1 atom stereocenters. The van der Waals surface area contributed by atoms with Gasteiger partial charge in [-0.25, -0.2) is 26.3 Å². The first kappa shape index (κ1) is 19.9. The summed E-state index contributed by atoms with van der Waals surface area (Å²) in [4.78, 5) is 13.6. The molecule has 1 saturated heterocycles. The Morgan fingerprint density at radius 1 is 1.40 bits per heavy atom. The van der Waals surface area contributed by atoms with Crippen LogP contribution in [0.1, 0.15) is 18.4 Å². The van der Waals surface area contributed by atoms with Crippen LogP contribution < -0.4 is 5.32 Å². The largest absolute Gasteiger partial charge is 0.323 e. The standard InChI is InChI=1S/C15H20ClF2N3O3S/c1-9-11(16)7-12(17)14(13(9)18)19-15(22)21-6-4-5-10(8-21)25(23,24)20(2)3/h7,10H,4-6,8H2,1-3H3,(H,19,22). The van der Waals surface area contributed by atoms with Crippen molar-refractivity contribution in [1.82, 2.24) is 9.21 Å². The Balaban J connectivity index is 2.18. The van der Waals surface area contributed by atoms with E-state index in [1.807, 2.05) is 0 Å². The molecule has 10 heteroatoms. The predicted octanol–water partition coefficient (Wildman–Crippen LogP) is 2.81. The summed E-state index contributed by atoms with van der Waals surface area (Å²) in [6.07, 6.45) is 0.906. The maximum Gasteiger partial charge on any atom is 0.322 e. The molecule has 1 heterocycles. The number of sulfonamides is 1. The predicted molar refractivity (Wildman–Crippen MR) is 92.3 cm³/mol. The number of rotatable bonds is 3. The van der Waals surface area contributed by atoms with Crippen molar-refractivity contribution in [3.63, 3.8) is 0 Å². The van der Waals surface area contributed by atoms with Crippen LogP contribution in [0.25, 0.3) is 0 Å². The quantitative estimate of drug-likeness (QED) is 0.855. The Bertz CT molecular complexity index is 787. The van der Waals surface area contributed by atoms with E-state index in [2.05, 4.69) is 5.32 Å². The molecule has 0 bridgehead atoms. The summed E-state index contributed by atoms with van der Waals surface area (Å²) in [7, 11) is -0.669. The van der Waals surface area contributed by atoms with Crippen LogP contribution in [0.15, 0.2) is 6.07 Å². The molecule has 1 aromatic carbocycles. The van der Waals surface area contributed by atoms with Crippen molar-refractivity contribution < 1.29 is 22.0 Å². The average molecular weight is 396 g/mol. The molecule has 0 saturated carbocycles. The maximum absolute atomic E-state index is 14.2. The van der Waals surface area contributed by atoms with Crippen LogP contribution in [0, 0.1) is 18.6 Å². The maximum atomic E-state index is 14.2. The number of hydrogen-bond donors (Lipinski definition) is 1. The third kappa shape index (κ3) is 4.04. The fourth-order valence-corrected chi connectivity index (χ4v) is 4.26. The smallest absolute Gasteiger partial charge is 0.322 e. The Hall–Kier alpha value is -1.45. The summed E-state index contributed by atoms with van der Waals surface area (Å²) in [5.74, 6) is -1.94. The van der Waals surface area contributed by atoms with Crippen molar-refractivity contribution in [1.29, 1.82) is 0 Å². The molecule has 1 aromatic rings. The highest BCUT2D eigenvalue weighted by atomic mass is 35.5. The van der Waals surface area contributed by atoms with Gasteiger partial charge in [0.15, 0.2) is 11.6 Å². The normalized spacial score (nSPS) is 18.5. The molecule has 1 fully saturated rings. The van der Waals surface area contributed by atoms with Crippen LogP contribution in [0.5, 0.6) is 0 Å². The van der Waals surface area contributed by atoms with Gasteiger partial charge in [-0.05, 0) is 25.8 Å². The van der Waals surface area contributed by atoms with Crippen molar-refractivity contribution in [2.75, 3.05) is 32.5 Å². The number of benzene rings is 1. The molecular formula is C15H20ClF2N3O3S. The highest BCUT2D eigenvalue weighted by molar-refractivity contribution is 7.89. The molecule has 2 rings (SSSR count). The number of urea groups is 1. The molecule has 2 amide bonds. The molecule has 140 valence electrons. The van der Waals surface area contributed by atoms with E-state index in [1.165, 1.54) is 25.9 Å².